The molecule has 0 aromatic rings. The first-order valence-electron chi connectivity index (χ1n) is 6.37. The lowest BCUT2D eigenvalue weighted by molar-refractivity contribution is -0.137. The highest BCUT2D eigenvalue weighted by Gasteiger charge is 2.37. The number of nitrogens with zero attached hydrogens (tertiary/aromatic N) is 1. The Labute approximate surface area is 101 Å². The van der Waals surface area contributed by atoms with Gasteiger partial charge in [0.25, 0.3) is 0 Å². The van der Waals surface area contributed by atoms with Crippen molar-refractivity contribution in [2.45, 2.75) is 51.1 Å². The van der Waals surface area contributed by atoms with Crippen LogP contribution in [0.2, 0.25) is 0 Å². The van der Waals surface area contributed by atoms with Gasteiger partial charge in [0, 0.05) is 12.6 Å². The summed E-state index contributed by atoms with van der Waals surface area (Å²) in [7, 11) is 0. The topological polar surface area (TPSA) is 69.6 Å². The maximum absolute atomic E-state index is 11.8. The summed E-state index contributed by atoms with van der Waals surface area (Å²) in [5.74, 6) is -0.268. The first-order chi connectivity index (χ1) is 8.08. The van der Waals surface area contributed by atoms with Gasteiger partial charge in [-0.1, -0.05) is 12.8 Å². The van der Waals surface area contributed by atoms with Gasteiger partial charge in [0.1, 0.15) is 0 Å². The molecule has 1 aliphatic carbocycles. The van der Waals surface area contributed by atoms with Crippen molar-refractivity contribution in [3.63, 3.8) is 0 Å². The van der Waals surface area contributed by atoms with Crippen molar-refractivity contribution < 1.29 is 14.7 Å². The van der Waals surface area contributed by atoms with E-state index in [0.717, 1.165) is 0 Å². The van der Waals surface area contributed by atoms with Crippen molar-refractivity contribution in [3.8, 4) is 0 Å². The summed E-state index contributed by atoms with van der Waals surface area (Å²) in [6.45, 7) is 2.46. The van der Waals surface area contributed by atoms with E-state index >= 15 is 0 Å². The predicted octanol–water partition coefficient (Wildman–Crippen LogP) is 1.43. The van der Waals surface area contributed by atoms with E-state index in [1.807, 2.05) is 0 Å². The van der Waals surface area contributed by atoms with Gasteiger partial charge in [-0.15, -0.1) is 0 Å². The van der Waals surface area contributed by atoms with E-state index in [0.29, 0.717) is 12.5 Å². The number of hydrogen-bond acceptors (Lipinski definition) is 2. The fourth-order valence-electron chi connectivity index (χ4n) is 2.95. The summed E-state index contributed by atoms with van der Waals surface area (Å²) in [6, 6.07) is -0.101. The average Bonchev–Trinajstić information content (AvgIpc) is 2.84. The Morgan fingerprint density at radius 3 is 2.76 bits per heavy atom. The van der Waals surface area contributed by atoms with Crippen LogP contribution in [0.4, 0.5) is 4.79 Å². The monoisotopic (exact) mass is 240 g/mol. The van der Waals surface area contributed by atoms with Crippen LogP contribution in [-0.2, 0) is 4.79 Å². The van der Waals surface area contributed by atoms with Crippen LogP contribution in [0.15, 0.2) is 0 Å². The van der Waals surface area contributed by atoms with Crippen molar-refractivity contribution >= 4 is 12.0 Å². The molecule has 2 rings (SSSR count). The number of carboxylic acid groups (broad SMARTS) is 1. The molecule has 2 fully saturated rings. The standard InChI is InChI=1S/C12H20N2O3/c1-8(6-11(15)16)14-7-10(13-12(14)17)9-4-2-3-5-9/h8-10H,2-7H2,1H3,(H,13,17)(H,15,16). The van der Waals surface area contributed by atoms with Crippen LogP contribution in [0, 0.1) is 5.92 Å². The predicted molar refractivity (Wildman–Crippen MR) is 62.7 cm³/mol. The number of carbonyl (C=O) groups is 2. The lowest BCUT2D eigenvalue weighted by Gasteiger charge is -2.22. The Hall–Kier alpha value is -1.26. The van der Waals surface area contributed by atoms with Gasteiger partial charge >= 0.3 is 12.0 Å². The Balaban J connectivity index is 1.92. The first-order valence-corrected chi connectivity index (χ1v) is 6.37. The molecular weight excluding hydrogens is 220 g/mol. The summed E-state index contributed by atoms with van der Waals surface area (Å²) in [5.41, 5.74) is 0. The molecular formula is C12H20N2O3. The minimum absolute atomic E-state index is 0.0187. The fraction of sp³-hybridized carbons (Fsp3) is 0.833. The molecule has 96 valence electrons. The molecule has 2 atom stereocenters. The van der Waals surface area contributed by atoms with Crippen LogP contribution in [0.3, 0.4) is 0 Å². The van der Waals surface area contributed by atoms with Crippen molar-refractivity contribution in [1.82, 2.24) is 10.2 Å². The number of carboxylic acids is 1. The molecule has 0 bridgehead atoms. The molecule has 1 saturated heterocycles. The van der Waals surface area contributed by atoms with E-state index < -0.39 is 5.97 Å². The van der Waals surface area contributed by atoms with Gasteiger partial charge < -0.3 is 15.3 Å². The minimum Gasteiger partial charge on any atom is -0.481 e. The largest absolute Gasteiger partial charge is 0.481 e. The zero-order valence-electron chi connectivity index (χ0n) is 10.2. The molecule has 0 radical (unpaired) electrons. The van der Waals surface area contributed by atoms with Gasteiger partial charge in [0.05, 0.1) is 12.5 Å². The summed E-state index contributed by atoms with van der Waals surface area (Å²) in [5, 5.41) is 11.7. The molecule has 2 aliphatic rings. The molecule has 5 nitrogen and oxygen atoms in total. The van der Waals surface area contributed by atoms with Gasteiger partial charge in [-0.25, -0.2) is 4.79 Å². The third-order valence-corrected chi connectivity index (χ3v) is 3.93. The van der Waals surface area contributed by atoms with E-state index in [-0.39, 0.29) is 24.5 Å². The van der Waals surface area contributed by atoms with E-state index in [1.54, 1.807) is 11.8 Å². The molecule has 2 amide bonds. The number of urea groups is 1. The van der Waals surface area contributed by atoms with Crippen molar-refractivity contribution in [3.05, 3.63) is 0 Å². The maximum atomic E-state index is 11.8. The van der Waals surface area contributed by atoms with Crippen LogP contribution in [0.1, 0.15) is 39.0 Å². The number of amides is 2. The normalized spacial score (nSPS) is 27.2. The molecule has 1 aliphatic heterocycles. The highest BCUT2D eigenvalue weighted by Crippen LogP contribution is 2.30. The summed E-state index contributed by atoms with van der Waals surface area (Å²) in [4.78, 5) is 24.1. The van der Waals surface area contributed by atoms with Gasteiger partial charge in [-0.3, -0.25) is 4.79 Å². The van der Waals surface area contributed by atoms with Crippen molar-refractivity contribution in [2.24, 2.45) is 5.92 Å². The lowest BCUT2D eigenvalue weighted by Crippen LogP contribution is -2.37. The molecule has 1 saturated carbocycles. The van der Waals surface area contributed by atoms with E-state index in [1.165, 1.54) is 25.7 Å². The van der Waals surface area contributed by atoms with Crippen molar-refractivity contribution in [1.29, 1.82) is 0 Å². The Kier molecular flexibility index (Phi) is 3.54. The second-order valence-electron chi connectivity index (χ2n) is 5.20. The zero-order chi connectivity index (χ0) is 12.4. The summed E-state index contributed by atoms with van der Waals surface area (Å²) < 4.78 is 0. The number of aliphatic carboxylic acids is 1. The quantitative estimate of drug-likeness (QED) is 0.781. The fourth-order valence-corrected chi connectivity index (χ4v) is 2.95. The SMILES string of the molecule is CC(CC(=O)O)N1CC(C2CCCC2)NC1=O. The van der Waals surface area contributed by atoms with Crippen LogP contribution < -0.4 is 5.32 Å². The molecule has 17 heavy (non-hydrogen) atoms. The maximum Gasteiger partial charge on any atom is 0.318 e. The van der Waals surface area contributed by atoms with Crippen LogP contribution in [-0.4, -0.2) is 40.6 Å². The number of nitrogens with one attached hydrogen (secondary N) is 1. The molecule has 1 heterocycles. The Morgan fingerprint density at radius 1 is 1.53 bits per heavy atom. The van der Waals surface area contributed by atoms with E-state index in [9.17, 15) is 9.59 Å². The van der Waals surface area contributed by atoms with Crippen LogP contribution in [0.5, 0.6) is 0 Å². The molecule has 2 N–H and O–H groups in total. The van der Waals surface area contributed by atoms with Gasteiger partial charge in [0.2, 0.25) is 0 Å². The lowest BCUT2D eigenvalue weighted by atomic mass is 9.99. The van der Waals surface area contributed by atoms with Crippen molar-refractivity contribution in [2.75, 3.05) is 6.54 Å². The Morgan fingerprint density at radius 2 is 2.18 bits per heavy atom. The highest BCUT2D eigenvalue weighted by molar-refractivity contribution is 5.78. The number of rotatable bonds is 4. The molecule has 2 unspecified atom stereocenters. The van der Waals surface area contributed by atoms with Crippen LogP contribution in [0.25, 0.3) is 0 Å². The van der Waals surface area contributed by atoms with Gasteiger partial charge in [-0.05, 0) is 25.7 Å². The van der Waals surface area contributed by atoms with E-state index in [2.05, 4.69) is 5.32 Å². The molecule has 0 aromatic carbocycles. The second-order valence-corrected chi connectivity index (χ2v) is 5.20. The zero-order valence-corrected chi connectivity index (χ0v) is 10.2. The second kappa shape index (κ2) is 4.94. The van der Waals surface area contributed by atoms with Gasteiger partial charge in [0.15, 0.2) is 0 Å². The Bertz CT molecular complexity index is 313. The van der Waals surface area contributed by atoms with Gasteiger partial charge in [-0.2, -0.15) is 0 Å². The third-order valence-electron chi connectivity index (χ3n) is 3.93. The molecule has 0 aromatic heterocycles. The first kappa shape index (κ1) is 12.2. The summed E-state index contributed by atoms with van der Waals surface area (Å²) >= 11 is 0. The number of carbonyl (C=O) groups excluding carboxylic acids is 1. The highest BCUT2D eigenvalue weighted by atomic mass is 16.4. The average molecular weight is 240 g/mol. The third kappa shape index (κ3) is 2.70. The smallest absolute Gasteiger partial charge is 0.318 e. The number of hydrogen-bond donors (Lipinski definition) is 2. The van der Waals surface area contributed by atoms with Crippen LogP contribution >= 0.6 is 0 Å². The minimum atomic E-state index is -0.852. The van der Waals surface area contributed by atoms with E-state index in [4.69, 9.17) is 5.11 Å². The molecule has 0 spiro atoms. The molecule has 5 heteroatoms. The summed E-state index contributed by atoms with van der Waals surface area (Å²) in [6.07, 6.45) is 4.90.